The highest BCUT2D eigenvalue weighted by molar-refractivity contribution is 5.15. The second-order valence-electron chi connectivity index (χ2n) is 3.39. The van der Waals surface area contributed by atoms with E-state index in [4.69, 9.17) is 15.6 Å². The van der Waals surface area contributed by atoms with E-state index < -0.39 is 0 Å². The topological polar surface area (TPSA) is 55.5 Å². The van der Waals surface area contributed by atoms with Gasteiger partial charge in [-0.25, -0.2) is 4.39 Å². The molecule has 1 aromatic carbocycles. The lowest BCUT2D eigenvalue weighted by molar-refractivity contribution is 0.103. The van der Waals surface area contributed by atoms with E-state index >= 15 is 0 Å². The quantitative estimate of drug-likeness (QED) is 0.684. The van der Waals surface area contributed by atoms with Gasteiger partial charge in [-0.05, 0) is 24.1 Å². The van der Waals surface area contributed by atoms with Crippen LogP contribution in [0.1, 0.15) is 5.56 Å². The molecule has 1 atom stereocenters. The van der Waals surface area contributed by atoms with Crippen molar-refractivity contribution >= 4 is 0 Å². The number of ether oxygens (including phenoxy) is 1. The summed E-state index contributed by atoms with van der Waals surface area (Å²) in [6.45, 7) is 0.799. The van der Waals surface area contributed by atoms with Crippen molar-refractivity contribution in [3.8, 4) is 0 Å². The Balaban J connectivity index is 2.17. The maximum atomic E-state index is 12.6. The molecule has 0 aliphatic heterocycles. The lowest BCUT2D eigenvalue weighted by Crippen LogP contribution is -2.30. The Hall–Kier alpha value is -0.970. The molecule has 0 unspecified atom stereocenters. The summed E-state index contributed by atoms with van der Waals surface area (Å²) in [6.07, 6.45) is 0.721. The van der Waals surface area contributed by atoms with Gasteiger partial charge in [-0.15, -0.1) is 0 Å². The molecule has 0 saturated carbocycles. The summed E-state index contributed by atoms with van der Waals surface area (Å²) in [4.78, 5) is 0. The van der Waals surface area contributed by atoms with Crippen molar-refractivity contribution in [2.75, 3.05) is 19.8 Å². The Labute approximate surface area is 88.7 Å². The first kappa shape index (κ1) is 12.1. The van der Waals surface area contributed by atoms with Crippen LogP contribution in [0.3, 0.4) is 0 Å². The molecule has 0 heterocycles. The molecule has 0 aliphatic carbocycles. The van der Waals surface area contributed by atoms with Crippen LogP contribution in [0.15, 0.2) is 24.3 Å². The molecule has 0 saturated heterocycles. The Bertz CT molecular complexity index is 276. The van der Waals surface area contributed by atoms with Crippen molar-refractivity contribution in [3.63, 3.8) is 0 Å². The summed E-state index contributed by atoms with van der Waals surface area (Å²) in [5.41, 5.74) is 6.47. The number of rotatable bonds is 6. The second-order valence-corrected chi connectivity index (χ2v) is 3.39. The normalized spacial score (nSPS) is 12.7. The highest BCUT2D eigenvalue weighted by Gasteiger charge is 2.00. The first-order valence-corrected chi connectivity index (χ1v) is 4.91. The van der Waals surface area contributed by atoms with Crippen molar-refractivity contribution in [1.29, 1.82) is 0 Å². The minimum Gasteiger partial charge on any atom is -0.395 e. The van der Waals surface area contributed by atoms with E-state index in [1.54, 1.807) is 12.1 Å². The molecule has 1 rings (SSSR count). The predicted molar refractivity (Wildman–Crippen MR) is 56.0 cm³/mol. The molecule has 1 aromatic rings. The van der Waals surface area contributed by atoms with E-state index in [2.05, 4.69) is 0 Å². The summed E-state index contributed by atoms with van der Waals surface area (Å²) in [5.74, 6) is -0.234. The zero-order chi connectivity index (χ0) is 11.1. The van der Waals surface area contributed by atoms with Crippen molar-refractivity contribution in [1.82, 2.24) is 0 Å². The number of hydrogen-bond donors (Lipinski definition) is 2. The van der Waals surface area contributed by atoms with Crippen LogP contribution in [0.5, 0.6) is 0 Å². The molecule has 4 heteroatoms. The highest BCUT2D eigenvalue weighted by Crippen LogP contribution is 2.03. The van der Waals surface area contributed by atoms with Gasteiger partial charge in [-0.2, -0.15) is 0 Å². The number of aliphatic hydroxyl groups is 1. The summed E-state index contributed by atoms with van der Waals surface area (Å²) >= 11 is 0. The third-order valence-corrected chi connectivity index (χ3v) is 2.01. The Kier molecular flexibility index (Phi) is 5.25. The number of nitrogens with two attached hydrogens (primary N) is 1. The molecular weight excluding hydrogens is 197 g/mol. The Morgan fingerprint density at radius 3 is 2.60 bits per heavy atom. The first-order valence-electron chi connectivity index (χ1n) is 4.91. The van der Waals surface area contributed by atoms with Crippen molar-refractivity contribution in [3.05, 3.63) is 35.6 Å². The van der Waals surface area contributed by atoms with E-state index in [1.165, 1.54) is 12.1 Å². The molecule has 15 heavy (non-hydrogen) atoms. The average Bonchev–Trinajstić information content (AvgIpc) is 2.26. The molecule has 0 aliphatic rings. The Morgan fingerprint density at radius 1 is 1.33 bits per heavy atom. The summed E-state index contributed by atoms with van der Waals surface area (Å²) in [6, 6.07) is 5.98. The molecule has 0 spiro atoms. The number of benzene rings is 1. The molecule has 0 fully saturated rings. The van der Waals surface area contributed by atoms with E-state index in [-0.39, 0.29) is 18.5 Å². The van der Waals surface area contributed by atoms with Gasteiger partial charge in [-0.1, -0.05) is 12.1 Å². The van der Waals surface area contributed by atoms with Gasteiger partial charge in [0.25, 0.3) is 0 Å². The third kappa shape index (κ3) is 4.88. The largest absolute Gasteiger partial charge is 0.395 e. The molecule has 0 aromatic heterocycles. The zero-order valence-electron chi connectivity index (χ0n) is 8.53. The zero-order valence-corrected chi connectivity index (χ0v) is 8.53. The minimum atomic E-state index is -0.321. The fourth-order valence-corrected chi connectivity index (χ4v) is 1.13. The van der Waals surface area contributed by atoms with Gasteiger partial charge in [0.1, 0.15) is 5.82 Å². The van der Waals surface area contributed by atoms with Crippen LogP contribution in [0.25, 0.3) is 0 Å². The van der Waals surface area contributed by atoms with Gasteiger partial charge in [0.15, 0.2) is 0 Å². The van der Waals surface area contributed by atoms with Crippen LogP contribution >= 0.6 is 0 Å². The van der Waals surface area contributed by atoms with E-state index in [0.717, 1.165) is 12.0 Å². The van der Waals surface area contributed by atoms with Crippen LogP contribution in [0.2, 0.25) is 0 Å². The molecular formula is C11H16FNO2. The average molecular weight is 213 g/mol. The molecule has 84 valence electrons. The maximum Gasteiger partial charge on any atom is 0.123 e. The fourth-order valence-electron chi connectivity index (χ4n) is 1.13. The lowest BCUT2D eigenvalue weighted by Gasteiger charge is -2.08. The maximum absolute atomic E-state index is 12.6. The molecule has 0 amide bonds. The van der Waals surface area contributed by atoms with Crippen LogP contribution in [-0.2, 0) is 11.2 Å². The molecule has 3 nitrogen and oxygen atoms in total. The monoisotopic (exact) mass is 213 g/mol. The minimum absolute atomic E-state index is 0.0729. The first-order chi connectivity index (χ1) is 7.22. The fraction of sp³-hybridized carbons (Fsp3) is 0.455. The van der Waals surface area contributed by atoms with Crippen LogP contribution in [0.4, 0.5) is 4.39 Å². The number of aliphatic hydroxyl groups excluding tert-OH is 1. The standard InChI is InChI=1S/C11H16FNO2/c12-10-3-1-9(2-4-10)5-6-15-8-11(13)7-14/h1-4,11,14H,5-8,13H2/t11-/m1/s1. The third-order valence-electron chi connectivity index (χ3n) is 2.01. The van der Waals surface area contributed by atoms with Gasteiger partial charge in [0.05, 0.1) is 25.9 Å². The van der Waals surface area contributed by atoms with Crippen LogP contribution in [-0.4, -0.2) is 31.0 Å². The van der Waals surface area contributed by atoms with Crippen molar-refractivity contribution < 1.29 is 14.2 Å². The summed E-state index contributed by atoms with van der Waals surface area (Å²) in [5, 5.41) is 8.64. The van der Waals surface area contributed by atoms with Crippen molar-refractivity contribution in [2.45, 2.75) is 12.5 Å². The molecule has 0 radical (unpaired) electrons. The van der Waals surface area contributed by atoms with Gasteiger partial charge in [-0.3, -0.25) is 0 Å². The van der Waals surface area contributed by atoms with E-state index in [1.807, 2.05) is 0 Å². The smallest absolute Gasteiger partial charge is 0.123 e. The van der Waals surface area contributed by atoms with E-state index in [9.17, 15) is 4.39 Å². The van der Waals surface area contributed by atoms with Gasteiger partial charge in [0, 0.05) is 0 Å². The second kappa shape index (κ2) is 6.50. The van der Waals surface area contributed by atoms with Gasteiger partial charge >= 0.3 is 0 Å². The predicted octanol–water partition coefficient (Wildman–Crippen LogP) is 0.704. The lowest BCUT2D eigenvalue weighted by atomic mass is 10.2. The van der Waals surface area contributed by atoms with E-state index in [0.29, 0.717) is 13.2 Å². The summed E-state index contributed by atoms with van der Waals surface area (Å²) < 4.78 is 17.8. The van der Waals surface area contributed by atoms with Crippen molar-refractivity contribution in [2.24, 2.45) is 5.73 Å². The van der Waals surface area contributed by atoms with Crippen LogP contribution in [0, 0.1) is 5.82 Å². The molecule has 3 N–H and O–H groups in total. The highest BCUT2D eigenvalue weighted by atomic mass is 19.1. The molecule has 0 bridgehead atoms. The summed E-state index contributed by atoms with van der Waals surface area (Å²) in [7, 11) is 0. The number of halogens is 1. The Morgan fingerprint density at radius 2 is 2.00 bits per heavy atom. The van der Waals surface area contributed by atoms with Crippen LogP contribution < -0.4 is 5.73 Å². The SMILES string of the molecule is N[C@H](CO)COCCc1ccc(F)cc1. The van der Waals surface area contributed by atoms with Gasteiger partial charge < -0.3 is 15.6 Å². The number of hydrogen-bond acceptors (Lipinski definition) is 3. The van der Waals surface area contributed by atoms with Gasteiger partial charge in [0.2, 0.25) is 0 Å².